The molecule has 0 heterocycles. The molecule has 0 aliphatic carbocycles. The fourth-order valence-corrected chi connectivity index (χ4v) is 6.21. The van der Waals surface area contributed by atoms with E-state index in [1.807, 2.05) is 121 Å². The Bertz CT molecular complexity index is 1820. The highest BCUT2D eigenvalue weighted by Crippen LogP contribution is 2.14. The number of rotatable bonds is 28. The molecule has 0 aliphatic heterocycles. The quantitative estimate of drug-likeness (QED) is 0.0418. The SMILES string of the molecule is O=C(O)CCCCCNC(=O)CCC(CN(CC(=O)OCc1ccccc1)CC(=O)OCc1ccccc1)N(CC(=O)OCc1ccccc1)CC(=O)OCc1ccccc1. The van der Waals surface area contributed by atoms with Gasteiger partial charge in [-0.05, 0) is 41.5 Å². The molecule has 1 amide bonds. The molecule has 0 fully saturated rings. The summed E-state index contributed by atoms with van der Waals surface area (Å²) in [6, 6.07) is 35.7. The van der Waals surface area contributed by atoms with Crippen molar-refractivity contribution in [2.75, 3.05) is 39.3 Å². The van der Waals surface area contributed by atoms with Crippen molar-refractivity contribution in [2.45, 2.75) is 71.0 Å². The van der Waals surface area contributed by atoms with Crippen molar-refractivity contribution < 1.29 is 52.8 Å². The van der Waals surface area contributed by atoms with Gasteiger partial charge in [0.1, 0.15) is 26.4 Å². The van der Waals surface area contributed by atoms with Crippen LogP contribution < -0.4 is 5.32 Å². The molecule has 2 N–H and O–H groups in total. The van der Waals surface area contributed by atoms with E-state index in [1.165, 1.54) is 9.80 Å². The average Bonchev–Trinajstić information content (AvgIpc) is 3.27. The normalized spacial score (nSPS) is 11.4. The minimum absolute atomic E-state index is 0.00148. The van der Waals surface area contributed by atoms with Gasteiger partial charge in [-0.2, -0.15) is 0 Å². The first-order valence-electron chi connectivity index (χ1n) is 20.4. The van der Waals surface area contributed by atoms with Gasteiger partial charge in [-0.3, -0.25) is 38.6 Å². The van der Waals surface area contributed by atoms with E-state index in [0.717, 1.165) is 22.3 Å². The number of nitrogens with zero attached hydrogens (tertiary/aromatic N) is 2. The topological polar surface area (TPSA) is 178 Å². The van der Waals surface area contributed by atoms with Crippen LogP contribution in [0.2, 0.25) is 0 Å². The van der Waals surface area contributed by atoms with Crippen molar-refractivity contribution in [3.8, 4) is 0 Å². The zero-order valence-electron chi connectivity index (χ0n) is 34.4. The van der Waals surface area contributed by atoms with Crippen LogP contribution in [0.1, 0.15) is 60.8 Å². The van der Waals surface area contributed by atoms with Gasteiger partial charge in [-0.25, -0.2) is 0 Å². The van der Waals surface area contributed by atoms with Crippen LogP contribution >= 0.6 is 0 Å². The molecule has 324 valence electrons. The largest absolute Gasteiger partial charge is 0.481 e. The summed E-state index contributed by atoms with van der Waals surface area (Å²) in [6.45, 7) is -1.23. The Hall–Kier alpha value is -6.38. The summed E-state index contributed by atoms with van der Waals surface area (Å²) in [5.74, 6) is -3.74. The second-order valence-electron chi connectivity index (χ2n) is 14.4. The Morgan fingerprint density at radius 1 is 0.492 bits per heavy atom. The summed E-state index contributed by atoms with van der Waals surface area (Å²) < 4.78 is 22.4. The molecule has 0 radical (unpaired) electrons. The summed E-state index contributed by atoms with van der Waals surface area (Å²) in [7, 11) is 0. The van der Waals surface area contributed by atoms with E-state index in [4.69, 9.17) is 24.1 Å². The third kappa shape index (κ3) is 20.4. The zero-order chi connectivity index (χ0) is 43.5. The van der Waals surface area contributed by atoms with Crippen molar-refractivity contribution in [2.24, 2.45) is 0 Å². The number of unbranched alkanes of at least 4 members (excludes halogenated alkanes) is 2. The van der Waals surface area contributed by atoms with Crippen molar-refractivity contribution in [3.05, 3.63) is 144 Å². The van der Waals surface area contributed by atoms with Gasteiger partial charge in [0, 0.05) is 32.0 Å². The predicted octanol–water partition coefficient (Wildman–Crippen LogP) is 5.47. The van der Waals surface area contributed by atoms with E-state index >= 15 is 0 Å². The average molecular weight is 838 g/mol. The Morgan fingerprint density at radius 2 is 0.869 bits per heavy atom. The number of carboxylic acid groups (broad SMARTS) is 1. The molecule has 4 rings (SSSR count). The van der Waals surface area contributed by atoms with Crippen LogP contribution in [0, 0.1) is 0 Å². The van der Waals surface area contributed by atoms with Gasteiger partial charge in [0.2, 0.25) is 5.91 Å². The summed E-state index contributed by atoms with van der Waals surface area (Å²) in [6.07, 6.45) is 1.79. The molecule has 0 spiro atoms. The van der Waals surface area contributed by atoms with Gasteiger partial charge in [0.05, 0.1) is 26.2 Å². The number of hydrogen-bond acceptors (Lipinski definition) is 12. The van der Waals surface area contributed by atoms with E-state index in [1.54, 1.807) is 0 Å². The number of hydrogen-bond donors (Lipinski definition) is 2. The number of carbonyl (C=O) groups excluding carboxylic acids is 5. The fourth-order valence-electron chi connectivity index (χ4n) is 6.21. The minimum atomic E-state index is -0.879. The Kier molecular flexibility index (Phi) is 21.2. The Balaban J connectivity index is 1.56. The zero-order valence-corrected chi connectivity index (χ0v) is 34.4. The number of benzene rings is 4. The number of esters is 4. The fraction of sp³-hybridized carbons (Fsp3) is 0.362. The maximum Gasteiger partial charge on any atom is 0.320 e. The standard InChI is InChI=1S/C47H55N3O11/c51-42(48-27-15-5-14-24-43(52)53)26-25-41(50(31-46(56)60-35-39-20-10-3-11-21-39)32-47(57)61-36-40-22-12-4-13-23-40)28-49(29-44(54)58-33-37-16-6-1-7-17-37)30-45(55)59-34-38-18-8-2-9-19-38/h1-4,6-13,16-23,41H,5,14-15,24-36H2,(H,48,51)(H,52,53). The van der Waals surface area contributed by atoms with E-state index in [2.05, 4.69) is 5.32 Å². The number of nitrogens with one attached hydrogen (secondary N) is 1. The Labute approximate surface area is 356 Å². The molecule has 4 aromatic carbocycles. The third-order valence-electron chi connectivity index (χ3n) is 9.42. The first-order valence-corrected chi connectivity index (χ1v) is 20.4. The summed E-state index contributed by atoms with van der Waals surface area (Å²) >= 11 is 0. The van der Waals surface area contributed by atoms with E-state index < -0.39 is 35.9 Å². The molecular formula is C47H55N3O11. The highest BCUT2D eigenvalue weighted by atomic mass is 16.5. The first-order chi connectivity index (χ1) is 29.6. The smallest absolute Gasteiger partial charge is 0.320 e. The lowest BCUT2D eigenvalue weighted by Gasteiger charge is -2.34. The van der Waals surface area contributed by atoms with Crippen molar-refractivity contribution in [1.29, 1.82) is 0 Å². The van der Waals surface area contributed by atoms with E-state index in [0.29, 0.717) is 25.8 Å². The van der Waals surface area contributed by atoms with Gasteiger partial charge in [0.15, 0.2) is 0 Å². The van der Waals surface area contributed by atoms with Crippen molar-refractivity contribution >= 4 is 35.8 Å². The number of aliphatic carboxylic acids is 1. The third-order valence-corrected chi connectivity index (χ3v) is 9.42. The number of amides is 1. The van der Waals surface area contributed by atoms with Gasteiger partial charge in [0.25, 0.3) is 0 Å². The molecule has 0 bridgehead atoms. The molecule has 0 saturated carbocycles. The van der Waals surface area contributed by atoms with Crippen molar-refractivity contribution in [3.63, 3.8) is 0 Å². The molecular weight excluding hydrogens is 783 g/mol. The van der Waals surface area contributed by atoms with Crippen LogP contribution in [0.15, 0.2) is 121 Å². The van der Waals surface area contributed by atoms with Gasteiger partial charge >= 0.3 is 29.8 Å². The van der Waals surface area contributed by atoms with Gasteiger partial charge in [-0.15, -0.1) is 0 Å². The highest BCUT2D eigenvalue weighted by Gasteiger charge is 2.29. The first kappa shape index (κ1) is 47.3. The second kappa shape index (κ2) is 27.4. The lowest BCUT2D eigenvalue weighted by Crippen LogP contribution is -2.51. The lowest BCUT2D eigenvalue weighted by molar-refractivity contribution is -0.154. The molecule has 0 aromatic heterocycles. The van der Waals surface area contributed by atoms with Crippen LogP contribution in [0.5, 0.6) is 0 Å². The minimum Gasteiger partial charge on any atom is -0.481 e. The van der Waals surface area contributed by atoms with Crippen molar-refractivity contribution in [1.82, 2.24) is 15.1 Å². The summed E-state index contributed by atoms with van der Waals surface area (Å²) in [5.41, 5.74) is 3.06. The highest BCUT2D eigenvalue weighted by molar-refractivity contribution is 5.77. The molecule has 14 heteroatoms. The summed E-state index contributed by atoms with van der Waals surface area (Å²) in [4.78, 5) is 80.8. The molecule has 1 atom stereocenters. The van der Waals surface area contributed by atoms with Crippen LogP contribution in [-0.2, 0) is 74.1 Å². The molecule has 1 unspecified atom stereocenters. The molecule has 4 aromatic rings. The maximum atomic E-state index is 13.5. The number of carboxylic acids is 1. The number of carbonyl (C=O) groups is 6. The van der Waals surface area contributed by atoms with Crippen LogP contribution in [0.3, 0.4) is 0 Å². The molecule has 61 heavy (non-hydrogen) atoms. The lowest BCUT2D eigenvalue weighted by atomic mass is 10.1. The van der Waals surface area contributed by atoms with E-state index in [-0.39, 0.29) is 84.3 Å². The van der Waals surface area contributed by atoms with Crippen LogP contribution in [0.4, 0.5) is 0 Å². The second-order valence-corrected chi connectivity index (χ2v) is 14.4. The number of ether oxygens (including phenoxy) is 4. The van der Waals surface area contributed by atoms with E-state index in [9.17, 15) is 28.8 Å². The predicted molar refractivity (Wildman–Crippen MR) is 225 cm³/mol. The molecule has 0 aliphatic rings. The van der Waals surface area contributed by atoms with Gasteiger partial charge in [-0.1, -0.05) is 128 Å². The summed E-state index contributed by atoms with van der Waals surface area (Å²) in [5, 5.41) is 11.8. The van der Waals surface area contributed by atoms with Crippen LogP contribution in [-0.4, -0.2) is 96.0 Å². The molecule has 0 saturated heterocycles. The monoisotopic (exact) mass is 837 g/mol. The van der Waals surface area contributed by atoms with Crippen LogP contribution in [0.25, 0.3) is 0 Å². The Morgan fingerprint density at radius 3 is 1.25 bits per heavy atom. The van der Waals surface area contributed by atoms with Gasteiger partial charge < -0.3 is 29.4 Å². The maximum absolute atomic E-state index is 13.5. The molecule has 14 nitrogen and oxygen atoms in total.